The highest BCUT2D eigenvalue weighted by molar-refractivity contribution is 6.73. The maximum atomic E-state index is 6.12. The highest BCUT2D eigenvalue weighted by Gasteiger charge is 2.31. The summed E-state index contributed by atoms with van der Waals surface area (Å²) in [5.74, 6) is 2.35. The van der Waals surface area contributed by atoms with E-state index in [9.17, 15) is 0 Å². The summed E-state index contributed by atoms with van der Waals surface area (Å²) in [6, 6.07) is 3.88. The first-order valence-electron chi connectivity index (χ1n) is 8.47. The Hall–Kier alpha value is 1.05. The van der Waals surface area contributed by atoms with Gasteiger partial charge in [-0.15, -0.1) is 34.8 Å². The van der Waals surface area contributed by atoms with E-state index in [0.717, 1.165) is 36.9 Å². The van der Waals surface area contributed by atoms with Gasteiger partial charge in [0.1, 0.15) is 0 Å². The van der Waals surface area contributed by atoms with Gasteiger partial charge in [-0.2, -0.15) is 0 Å². The second kappa shape index (κ2) is 15.9. The highest BCUT2D eigenvalue weighted by atomic mass is 35.5. The van der Waals surface area contributed by atoms with Crippen molar-refractivity contribution in [3.63, 3.8) is 0 Å². The van der Waals surface area contributed by atoms with Crippen LogP contribution < -0.4 is 0 Å². The summed E-state index contributed by atoms with van der Waals surface area (Å²) in [6.07, 6.45) is 10.9. The molecule has 0 heterocycles. The van der Waals surface area contributed by atoms with Crippen LogP contribution in [0.5, 0.6) is 0 Å². The first-order valence-corrected chi connectivity index (χ1v) is 12.6. The Morgan fingerprint density at radius 3 is 1.14 bits per heavy atom. The topological polar surface area (TPSA) is 9.23 Å². The van der Waals surface area contributed by atoms with Crippen LogP contribution in [0.4, 0.5) is 0 Å². The fourth-order valence-electron chi connectivity index (χ4n) is 2.84. The first kappa shape index (κ1) is 22.0. The number of alkyl halides is 3. The minimum absolute atomic E-state index is 0.785. The SMILES string of the molecule is CO[Si](CCCCCCl)(CCCCCCl)CCCCCCl. The molecule has 5 heteroatoms. The lowest BCUT2D eigenvalue weighted by molar-refractivity contribution is 0.381. The van der Waals surface area contributed by atoms with Gasteiger partial charge in [0.05, 0.1) is 0 Å². The second-order valence-corrected chi connectivity index (χ2v) is 11.3. The lowest BCUT2D eigenvalue weighted by Crippen LogP contribution is -2.36. The molecule has 21 heavy (non-hydrogen) atoms. The molecule has 0 unspecified atom stereocenters. The van der Waals surface area contributed by atoms with Crippen molar-refractivity contribution >= 4 is 43.1 Å². The Labute approximate surface area is 148 Å². The summed E-state index contributed by atoms with van der Waals surface area (Å²) in [5.41, 5.74) is 0. The molecule has 0 aromatic heterocycles. The summed E-state index contributed by atoms with van der Waals surface area (Å²) < 4.78 is 6.12. The van der Waals surface area contributed by atoms with Crippen LogP contribution in [-0.2, 0) is 4.43 Å². The molecule has 0 radical (unpaired) electrons. The minimum atomic E-state index is -1.55. The molecule has 128 valence electrons. The van der Waals surface area contributed by atoms with Crippen molar-refractivity contribution in [1.82, 2.24) is 0 Å². The largest absolute Gasteiger partial charge is 0.420 e. The summed E-state index contributed by atoms with van der Waals surface area (Å²) in [4.78, 5) is 0. The number of hydrogen-bond donors (Lipinski definition) is 0. The van der Waals surface area contributed by atoms with Crippen molar-refractivity contribution in [2.45, 2.75) is 75.9 Å². The Morgan fingerprint density at radius 1 is 0.571 bits per heavy atom. The Kier molecular flexibility index (Phi) is 16.7. The van der Waals surface area contributed by atoms with E-state index in [1.54, 1.807) is 0 Å². The summed E-state index contributed by atoms with van der Waals surface area (Å²) >= 11 is 17.3. The zero-order valence-corrected chi connectivity index (χ0v) is 16.9. The lowest BCUT2D eigenvalue weighted by atomic mass is 10.3. The van der Waals surface area contributed by atoms with Crippen LogP contribution in [0.25, 0.3) is 0 Å². The average molecular weight is 376 g/mol. The van der Waals surface area contributed by atoms with Crippen LogP contribution in [-0.4, -0.2) is 33.1 Å². The third-order valence-corrected chi connectivity index (χ3v) is 9.69. The molecule has 0 rings (SSSR count). The van der Waals surface area contributed by atoms with Gasteiger partial charge in [-0.05, 0) is 37.4 Å². The highest BCUT2D eigenvalue weighted by Crippen LogP contribution is 2.29. The van der Waals surface area contributed by atoms with E-state index in [-0.39, 0.29) is 0 Å². The van der Waals surface area contributed by atoms with Gasteiger partial charge in [-0.25, -0.2) is 0 Å². The van der Waals surface area contributed by atoms with Gasteiger partial charge in [-0.1, -0.05) is 38.5 Å². The van der Waals surface area contributed by atoms with Crippen molar-refractivity contribution in [3.05, 3.63) is 0 Å². The van der Waals surface area contributed by atoms with Crippen molar-refractivity contribution in [2.24, 2.45) is 0 Å². The molecule has 0 spiro atoms. The van der Waals surface area contributed by atoms with Crippen molar-refractivity contribution in [1.29, 1.82) is 0 Å². The normalized spacial score (nSPS) is 12.0. The molecule has 0 atom stereocenters. The molecule has 0 saturated carbocycles. The van der Waals surface area contributed by atoms with Gasteiger partial charge in [-0.3, -0.25) is 0 Å². The van der Waals surface area contributed by atoms with Gasteiger partial charge in [0.2, 0.25) is 0 Å². The third-order valence-electron chi connectivity index (χ3n) is 4.23. The lowest BCUT2D eigenvalue weighted by Gasteiger charge is -2.30. The maximum Gasteiger partial charge on any atom is 0.192 e. The Balaban J connectivity index is 4.22. The van der Waals surface area contributed by atoms with Gasteiger partial charge < -0.3 is 4.43 Å². The van der Waals surface area contributed by atoms with Gasteiger partial charge in [0.25, 0.3) is 0 Å². The van der Waals surface area contributed by atoms with E-state index in [0.29, 0.717) is 0 Å². The molecular formula is C16H33Cl3OSi. The van der Waals surface area contributed by atoms with E-state index >= 15 is 0 Å². The second-order valence-electron chi connectivity index (χ2n) is 5.89. The maximum absolute atomic E-state index is 6.12. The van der Waals surface area contributed by atoms with E-state index in [2.05, 4.69) is 0 Å². The number of rotatable bonds is 16. The fraction of sp³-hybridized carbons (Fsp3) is 1.00. The molecule has 0 aromatic rings. The van der Waals surface area contributed by atoms with Gasteiger partial charge >= 0.3 is 0 Å². The summed E-state index contributed by atoms with van der Waals surface area (Å²) in [7, 11) is 0.393. The first-order chi connectivity index (χ1) is 10.2. The minimum Gasteiger partial charge on any atom is -0.420 e. The van der Waals surface area contributed by atoms with Crippen LogP contribution in [0.1, 0.15) is 57.8 Å². The van der Waals surface area contributed by atoms with Gasteiger partial charge in [0.15, 0.2) is 8.32 Å². The number of unbranched alkanes of at least 4 members (excludes halogenated alkanes) is 6. The molecule has 0 aliphatic carbocycles. The van der Waals surface area contributed by atoms with E-state index < -0.39 is 8.32 Å². The number of hydrogen-bond acceptors (Lipinski definition) is 1. The summed E-state index contributed by atoms with van der Waals surface area (Å²) in [6.45, 7) is 0. The van der Waals surface area contributed by atoms with E-state index in [1.165, 1.54) is 56.7 Å². The zero-order chi connectivity index (χ0) is 15.8. The monoisotopic (exact) mass is 374 g/mol. The van der Waals surface area contributed by atoms with Crippen LogP contribution >= 0.6 is 34.8 Å². The molecule has 0 aliphatic heterocycles. The molecular weight excluding hydrogens is 343 g/mol. The smallest absolute Gasteiger partial charge is 0.192 e. The van der Waals surface area contributed by atoms with Gasteiger partial charge in [0, 0.05) is 24.7 Å². The fourth-order valence-corrected chi connectivity index (χ4v) is 7.45. The zero-order valence-electron chi connectivity index (χ0n) is 13.6. The van der Waals surface area contributed by atoms with Crippen LogP contribution in [0.15, 0.2) is 0 Å². The van der Waals surface area contributed by atoms with Crippen LogP contribution in [0, 0.1) is 0 Å². The predicted octanol–water partition coefficient (Wildman–Crippen LogP) is 6.81. The predicted molar refractivity (Wildman–Crippen MR) is 101 cm³/mol. The molecule has 1 nitrogen and oxygen atoms in total. The van der Waals surface area contributed by atoms with Crippen molar-refractivity contribution < 1.29 is 4.43 Å². The molecule has 0 fully saturated rings. The third kappa shape index (κ3) is 12.2. The average Bonchev–Trinajstić information content (AvgIpc) is 2.51. The van der Waals surface area contributed by atoms with Crippen LogP contribution in [0.2, 0.25) is 18.1 Å². The summed E-state index contributed by atoms with van der Waals surface area (Å²) in [5, 5.41) is 0. The Morgan fingerprint density at radius 2 is 0.905 bits per heavy atom. The Bertz CT molecular complexity index is 186. The quantitative estimate of drug-likeness (QED) is 0.164. The van der Waals surface area contributed by atoms with Crippen molar-refractivity contribution in [2.75, 3.05) is 24.7 Å². The standard InChI is InChI=1S/C16H33Cl3OSi/c1-20-21(14-8-2-5-11-17,15-9-3-6-12-18)16-10-4-7-13-19/h2-16H2,1H3. The van der Waals surface area contributed by atoms with Crippen molar-refractivity contribution in [3.8, 4) is 0 Å². The molecule has 0 bridgehead atoms. The van der Waals surface area contributed by atoms with E-state index in [4.69, 9.17) is 39.2 Å². The molecule has 0 amide bonds. The molecule has 0 aromatic carbocycles. The number of halogens is 3. The molecule has 0 aliphatic rings. The van der Waals surface area contributed by atoms with Crippen LogP contribution in [0.3, 0.4) is 0 Å². The van der Waals surface area contributed by atoms with E-state index in [1.807, 2.05) is 7.11 Å². The molecule has 0 saturated heterocycles. The molecule has 0 N–H and O–H groups in total.